The van der Waals surface area contributed by atoms with Crippen molar-refractivity contribution < 1.29 is 19.1 Å². The molecule has 2 aliphatic heterocycles. The lowest BCUT2D eigenvalue weighted by Crippen LogP contribution is -2.43. The summed E-state index contributed by atoms with van der Waals surface area (Å²) in [7, 11) is 1.54. The van der Waals surface area contributed by atoms with Gasteiger partial charge in [0, 0.05) is 5.69 Å². The molecule has 2 heterocycles. The van der Waals surface area contributed by atoms with E-state index in [2.05, 4.69) is 29.5 Å². The van der Waals surface area contributed by atoms with Crippen LogP contribution < -0.4 is 15.0 Å². The average Bonchev–Trinajstić information content (AvgIpc) is 3.28. The molecule has 0 saturated carbocycles. The number of fused-ring (bicyclic) bond motifs is 1. The fourth-order valence-corrected chi connectivity index (χ4v) is 3.64. The number of carbonyl (C=O) groups is 3. The van der Waals surface area contributed by atoms with Gasteiger partial charge < -0.3 is 10.1 Å². The molecule has 4 rings (SSSR count). The third kappa shape index (κ3) is 3.86. The van der Waals surface area contributed by atoms with Crippen LogP contribution in [0.3, 0.4) is 0 Å². The van der Waals surface area contributed by atoms with E-state index in [4.69, 9.17) is 4.74 Å². The van der Waals surface area contributed by atoms with Crippen LogP contribution in [-0.2, 0) is 14.4 Å². The van der Waals surface area contributed by atoms with Crippen molar-refractivity contribution >= 4 is 29.1 Å². The Bertz CT molecular complexity index is 1030. The number of anilines is 2. The van der Waals surface area contributed by atoms with E-state index < -0.39 is 23.9 Å². The zero-order valence-corrected chi connectivity index (χ0v) is 17.5. The minimum atomic E-state index is -0.951. The minimum absolute atomic E-state index is 0.188. The van der Waals surface area contributed by atoms with Gasteiger partial charge in [-0.15, -0.1) is 0 Å². The number of methoxy groups -OCH3 is 1. The predicted molar refractivity (Wildman–Crippen MR) is 114 cm³/mol. The molecule has 0 spiro atoms. The molecule has 2 atom stereocenters. The maximum atomic E-state index is 13.0. The van der Waals surface area contributed by atoms with Crippen molar-refractivity contribution in [2.24, 2.45) is 10.3 Å². The standard InChI is InChI=1S/C22H23N5O4/c1-13(2)14-4-6-15(7-5-14)23-18(28)12-26-20-19(24-25-26)21(29)27(22(20)30)16-8-10-17(31-3)11-9-16/h4-11,13,19-20H,12H2,1-3H3,(H,23,28)/t19-,20+/m0/s1. The summed E-state index contributed by atoms with van der Waals surface area (Å²) in [5, 5.41) is 11.9. The first-order valence-corrected chi connectivity index (χ1v) is 9.98. The number of rotatable bonds is 6. The van der Waals surface area contributed by atoms with Gasteiger partial charge in [-0.1, -0.05) is 31.2 Å². The summed E-state index contributed by atoms with van der Waals surface area (Å²) in [6.45, 7) is 4.00. The van der Waals surface area contributed by atoms with E-state index in [1.165, 1.54) is 17.7 Å². The second-order valence-electron chi connectivity index (χ2n) is 7.73. The summed E-state index contributed by atoms with van der Waals surface area (Å²) in [6, 6.07) is 12.3. The Balaban J connectivity index is 1.44. The molecule has 2 aromatic carbocycles. The topological polar surface area (TPSA) is 104 Å². The molecule has 2 aliphatic rings. The van der Waals surface area contributed by atoms with Gasteiger partial charge in [-0.2, -0.15) is 5.11 Å². The molecule has 9 heteroatoms. The summed E-state index contributed by atoms with van der Waals surface area (Å²) >= 11 is 0. The van der Waals surface area contributed by atoms with Crippen LogP contribution in [0.15, 0.2) is 58.9 Å². The van der Waals surface area contributed by atoms with Gasteiger partial charge in [0.05, 0.1) is 12.8 Å². The molecule has 0 aliphatic carbocycles. The molecule has 9 nitrogen and oxygen atoms in total. The summed E-state index contributed by atoms with van der Waals surface area (Å²) in [5.41, 5.74) is 2.24. The molecule has 0 unspecified atom stereocenters. The predicted octanol–water partition coefficient (Wildman–Crippen LogP) is 2.75. The third-order valence-corrected chi connectivity index (χ3v) is 5.36. The van der Waals surface area contributed by atoms with Gasteiger partial charge in [0.2, 0.25) is 5.91 Å². The van der Waals surface area contributed by atoms with Crippen LogP contribution in [-0.4, -0.2) is 48.5 Å². The number of amides is 3. The highest BCUT2D eigenvalue weighted by atomic mass is 16.5. The molecule has 0 bridgehead atoms. The maximum absolute atomic E-state index is 13.0. The molecular formula is C22H23N5O4. The molecule has 2 aromatic rings. The largest absolute Gasteiger partial charge is 0.497 e. The SMILES string of the molecule is COc1ccc(N2C(=O)[C@H]3N=NN(CC(=O)Nc4ccc(C(C)C)cc4)[C@H]3C2=O)cc1. The molecule has 0 aromatic heterocycles. The van der Waals surface area contributed by atoms with Crippen molar-refractivity contribution in [2.75, 3.05) is 23.9 Å². The molecule has 31 heavy (non-hydrogen) atoms. The smallest absolute Gasteiger partial charge is 0.263 e. The van der Waals surface area contributed by atoms with Crippen LogP contribution in [0.25, 0.3) is 0 Å². The maximum Gasteiger partial charge on any atom is 0.263 e. The van der Waals surface area contributed by atoms with Crippen molar-refractivity contribution in [3.63, 3.8) is 0 Å². The van der Waals surface area contributed by atoms with Crippen LogP contribution in [0.5, 0.6) is 5.75 Å². The van der Waals surface area contributed by atoms with Crippen LogP contribution in [0.2, 0.25) is 0 Å². The van der Waals surface area contributed by atoms with Crippen LogP contribution in [0.4, 0.5) is 11.4 Å². The average molecular weight is 421 g/mol. The van der Waals surface area contributed by atoms with Gasteiger partial charge in [0.15, 0.2) is 12.1 Å². The highest BCUT2D eigenvalue weighted by Crippen LogP contribution is 2.32. The Kier molecular flexibility index (Phi) is 5.41. The van der Waals surface area contributed by atoms with Gasteiger partial charge in [-0.25, -0.2) is 4.90 Å². The zero-order valence-electron chi connectivity index (χ0n) is 17.5. The number of carbonyl (C=O) groups excluding carboxylic acids is 3. The van der Waals surface area contributed by atoms with Crippen molar-refractivity contribution in [1.82, 2.24) is 5.01 Å². The van der Waals surface area contributed by atoms with Crippen LogP contribution in [0, 0.1) is 0 Å². The zero-order chi connectivity index (χ0) is 22.1. The van der Waals surface area contributed by atoms with Gasteiger partial charge in [0.1, 0.15) is 12.3 Å². The number of ether oxygens (including phenoxy) is 1. The molecule has 1 N–H and O–H groups in total. The van der Waals surface area contributed by atoms with E-state index in [-0.39, 0.29) is 12.5 Å². The van der Waals surface area contributed by atoms with Gasteiger partial charge in [0.25, 0.3) is 11.8 Å². The lowest BCUT2D eigenvalue weighted by Gasteiger charge is -2.20. The third-order valence-electron chi connectivity index (χ3n) is 5.36. The Morgan fingerprint density at radius 2 is 1.74 bits per heavy atom. The van der Waals surface area contributed by atoms with Gasteiger partial charge in [-0.3, -0.25) is 19.4 Å². The van der Waals surface area contributed by atoms with Crippen LogP contribution >= 0.6 is 0 Å². The first kappa shape index (κ1) is 20.5. The molecule has 160 valence electrons. The van der Waals surface area contributed by atoms with Crippen molar-refractivity contribution in [3.05, 3.63) is 54.1 Å². The van der Waals surface area contributed by atoms with Crippen molar-refractivity contribution in [2.45, 2.75) is 31.8 Å². The first-order valence-electron chi connectivity index (χ1n) is 9.98. The second-order valence-corrected chi connectivity index (χ2v) is 7.73. The van der Waals surface area contributed by atoms with E-state index in [1.807, 2.05) is 24.3 Å². The highest BCUT2D eigenvalue weighted by Gasteiger charge is 2.55. The monoisotopic (exact) mass is 421 g/mol. The number of benzene rings is 2. The Labute approximate surface area is 179 Å². The molecule has 1 saturated heterocycles. The molecular weight excluding hydrogens is 398 g/mol. The number of hydrogen-bond acceptors (Lipinski definition) is 7. The van der Waals surface area contributed by atoms with Gasteiger partial charge >= 0.3 is 0 Å². The van der Waals surface area contributed by atoms with E-state index in [9.17, 15) is 14.4 Å². The quantitative estimate of drug-likeness (QED) is 0.723. The Morgan fingerprint density at radius 1 is 1.06 bits per heavy atom. The van der Waals surface area contributed by atoms with E-state index in [0.717, 1.165) is 4.90 Å². The summed E-state index contributed by atoms with van der Waals surface area (Å²) < 4.78 is 5.11. The summed E-state index contributed by atoms with van der Waals surface area (Å²) in [4.78, 5) is 39.3. The van der Waals surface area contributed by atoms with Crippen molar-refractivity contribution in [1.29, 1.82) is 0 Å². The Morgan fingerprint density at radius 3 is 2.35 bits per heavy atom. The molecule has 3 amide bonds. The highest BCUT2D eigenvalue weighted by molar-refractivity contribution is 6.25. The van der Waals surface area contributed by atoms with E-state index >= 15 is 0 Å². The minimum Gasteiger partial charge on any atom is -0.497 e. The number of nitrogens with one attached hydrogen (secondary N) is 1. The number of imide groups is 1. The summed E-state index contributed by atoms with van der Waals surface area (Å²) in [5.74, 6) is -0.260. The Hall–Kier alpha value is -3.75. The second kappa shape index (κ2) is 8.17. The normalized spacial score (nSPS) is 19.9. The lowest BCUT2D eigenvalue weighted by atomic mass is 10.0. The van der Waals surface area contributed by atoms with E-state index in [0.29, 0.717) is 23.0 Å². The fourth-order valence-electron chi connectivity index (χ4n) is 3.64. The van der Waals surface area contributed by atoms with E-state index in [1.54, 1.807) is 24.3 Å². The molecule has 0 radical (unpaired) electrons. The molecule has 1 fully saturated rings. The summed E-state index contributed by atoms with van der Waals surface area (Å²) in [6.07, 6.45) is 0. The van der Waals surface area contributed by atoms with Crippen LogP contribution in [0.1, 0.15) is 25.3 Å². The van der Waals surface area contributed by atoms with Gasteiger partial charge in [-0.05, 0) is 47.9 Å². The first-order chi connectivity index (χ1) is 14.9. The fraction of sp³-hybridized carbons (Fsp3) is 0.318. The lowest BCUT2D eigenvalue weighted by molar-refractivity contribution is -0.123. The number of hydrogen-bond donors (Lipinski definition) is 1. The van der Waals surface area contributed by atoms with Crippen molar-refractivity contribution in [3.8, 4) is 5.75 Å². The number of nitrogens with zero attached hydrogens (tertiary/aromatic N) is 4.